The van der Waals surface area contributed by atoms with E-state index >= 15 is 0 Å². The third kappa shape index (κ3) is 2.21. The van der Waals surface area contributed by atoms with E-state index in [1.54, 1.807) is 4.57 Å². The predicted octanol–water partition coefficient (Wildman–Crippen LogP) is -1.16. The van der Waals surface area contributed by atoms with Crippen LogP contribution in [-0.2, 0) is 11.3 Å². The van der Waals surface area contributed by atoms with Crippen molar-refractivity contribution in [3.63, 3.8) is 0 Å². The van der Waals surface area contributed by atoms with Crippen molar-refractivity contribution in [2.75, 3.05) is 0 Å². The maximum Gasteiger partial charge on any atom is 0.253 e. The summed E-state index contributed by atoms with van der Waals surface area (Å²) in [5.41, 5.74) is 1.91. The van der Waals surface area contributed by atoms with E-state index in [1.807, 2.05) is 5.43 Å². The SMILES string of the molecule is NNC(=O)Cn1ccc(=O)cc1. The van der Waals surface area contributed by atoms with Crippen LogP contribution in [0.4, 0.5) is 0 Å². The van der Waals surface area contributed by atoms with Gasteiger partial charge in [-0.2, -0.15) is 0 Å². The Balaban J connectivity index is 2.71. The number of rotatable bonds is 2. The van der Waals surface area contributed by atoms with E-state index in [0.717, 1.165) is 0 Å². The molecule has 0 aliphatic carbocycles. The molecule has 0 aliphatic heterocycles. The summed E-state index contributed by atoms with van der Waals surface area (Å²) in [6, 6.07) is 2.76. The number of pyridine rings is 1. The summed E-state index contributed by atoms with van der Waals surface area (Å²) in [5, 5.41) is 0. The number of aromatic nitrogens is 1. The summed E-state index contributed by atoms with van der Waals surface area (Å²) < 4.78 is 1.56. The van der Waals surface area contributed by atoms with Gasteiger partial charge in [-0.3, -0.25) is 15.0 Å². The second kappa shape index (κ2) is 3.68. The zero-order valence-corrected chi connectivity index (χ0v) is 6.36. The molecule has 3 N–H and O–H groups in total. The van der Waals surface area contributed by atoms with Crippen molar-refractivity contribution < 1.29 is 4.79 Å². The molecule has 0 unspecified atom stereocenters. The van der Waals surface area contributed by atoms with Crippen molar-refractivity contribution in [3.8, 4) is 0 Å². The molecule has 1 rings (SSSR count). The molecule has 1 heterocycles. The lowest BCUT2D eigenvalue weighted by Crippen LogP contribution is -2.33. The quantitative estimate of drug-likeness (QED) is 0.331. The number of nitrogens with zero attached hydrogens (tertiary/aromatic N) is 1. The van der Waals surface area contributed by atoms with E-state index < -0.39 is 0 Å². The second-order valence-electron chi connectivity index (χ2n) is 2.27. The summed E-state index contributed by atoms with van der Waals surface area (Å²) in [6.45, 7) is 0.122. The molecular weight excluding hydrogens is 158 g/mol. The third-order valence-electron chi connectivity index (χ3n) is 1.35. The van der Waals surface area contributed by atoms with Gasteiger partial charge in [-0.05, 0) is 0 Å². The minimum absolute atomic E-state index is 0.0839. The topological polar surface area (TPSA) is 77.1 Å². The van der Waals surface area contributed by atoms with E-state index in [2.05, 4.69) is 0 Å². The minimum Gasteiger partial charge on any atom is -0.345 e. The summed E-state index contributed by atoms with van der Waals surface area (Å²) in [6.07, 6.45) is 3.05. The summed E-state index contributed by atoms with van der Waals surface area (Å²) in [7, 11) is 0. The van der Waals surface area contributed by atoms with E-state index in [9.17, 15) is 9.59 Å². The number of carbonyl (C=O) groups excluding carboxylic acids is 1. The van der Waals surface area contributed by atoms with Crippen molar-refractivity contribution in [2.24, 2.45) is 5.84 Å². The number of amides is 1. The van der Waals surface area contributed by atoms with Crippen molar-refractivity contribution >= 4 is 5.91 Å². The van der Waals surface area contributed by atoms with Gasteiger partial charge in [0, 0.05) is 24.5 Å². The van der Waals surface area contributed by atoms with E-state index in [-0.39, 0.29) is 17.9 Å². The number of carbonyl (C=O) groups is 1. The van der Waals surface area contributed by atoms with Crippen LogP contribution in [0.3, 0.4) is 0 Å². The van der Waals surface area contributed by atoms with E-state index in [4.69, 9.17) is 5.84 Å². The number of hydrogen-bond acceptors (Lipinski definition) is 3. The second-order valence-corrected chi connectivity index (χ2v) is 2.27. The molecule has 1 aromatic rings. The molecule has 5 nitrogen and oxygen atoms in total. The Hall–Kier alpha value is -1.62. The summed E-state index contributed by atoms with van der Waals surface area (Å²) in [5.74, 6) is 4.57. The maximum atomic E-state index is 10.7. The van der Waals surface area contributed by atoms with E-state index in [1.165, 1.54) is 24.5 Å². The number of hydrogen-bond donors (Lipinski definition) is 2. The molecule has 0 fully saturated rings. The van der Waals surface area contributed by atoms with Crippen LogP contribution >= 0.6 is 0 Å². The van der Waals surface area contributed by atoms with Gasteiger partial charge in [0.2, 0.25) is 0 Å². The van der Waals surface area contributed by atoms with Gasteiger partial charge in [-0.1, -0.05) is 0 Å². The fraction of sp³-hybridized carbons (Fsp3) is 0.143. The number of nitrogens with two attached hydrogens (primary N) is 1. The lowest BCUT2D eigenvalue weighted by molar-refractivity contribution is -0.121. The third-order valence-corrected chi connectivity index (χ3v) is 1.35. The van der Waals surface area contributed by atoms with Crippen LogP contribution < -0.4 is 16.7 Å². The van der Waals surface area contributed by atoms with Crippen LogP contribution in [0, 0.1) is 0 Å². The standard InChI is InChI=1S/C7H9N3O2/c8-9-7(12)5-10-3-1-6(11)2-4-10/h1-4H,5,8H2,(H,9,12). The normalized spacial score (nSPS) is 9.42. The van der Waals surface area contributed by atoms with E-state index in [0.29, 0.717) is 0 Å². The van der Waals surface area contributed by atoms with Crippen LogP contribution in [0.5, 0.6) is 0 Å². The van der Waals surface area contributed by atoms with Gasteiger partial charge in [0.25, 0.3) is 5.91 Å². The van der Waals surface area contributed by atoms with Gasteiger partial charge in [-0.25, -0.2) is 5.84 Å². The zero-order valence-electron chi connectivity index (χ0n) is 6.36. The summed E-state index contributed by atoms with van der Waals surface area (Å²) >= 11 is 0. The van der Waals surface area contributed by atoms with Gasteiger partial charge < -0.3 is 4.57 Å². The Labute approximate surface area is 68.8 Å². The average Bonchev–Trinajstić information content (AvgIpc) is 2.09. The first-order valence-electron chi connectivity index (χ1n) is 3.38. The fourth-order valence-corrected chi connectivity index (χ4v) is 0.761. The lowest BCUT2D eigenvalue weighted by Gasteiger charge is -2.02. The molecule has 1 amide bonds. The highest BCUT2D eigenvalue weighted by atomic mass is 16.2. The Morgan fingerprint density at radius 2 is 2.08 bits per heavy atom. The highest BCUT2D eigenvalue weighted by Crippen LogP contribution is 1.83. The van der Waals surface area contributed by atoms with Crippen LogP contribution in [0.2, 0.25) is 0 Å². The molecule has 0 aliphatic rings. The molecule has 5 heteroatoms. The lowest BCUT2D eigenvalue weighted by atomic mass is 10.4. The first kappa shape index (κ1) is 8.48. The van der Waals surface area contributed by atoms with Crippen molar-refractivity contribution in [2.45, 2.75) is 6.54 Å². The van der Waals surface area contributed by atoms with Crippen molar-refractivity contribution in [1.29, 1.82) is 0 Å². The molecule has 0 atom stereocenters. The Morgan fingerprint density at radius 1 is 1.50 bits per heavy atom. The predicted molar refractivity (Wildman–Crippen MR) is 43.0 cm³/mol. The van der Waals surface area contributed by atoms with Crippen molar-refractivity contribution in [1.82, 2.24) is 9.99 Å². The van der Waals surface area contributed by atoms with Gasteiger partial charge in [0.05, 0.1) is 0 Å². The molecule has 0 saturated carbocycles. The largest absolute Gasteiger partial charge is 0.345 e. The van der Waals surface area contributed by atoms with Crippen LogP contribution in [-0.4, -0.2) is 10.5 Å². The Kier molecular flexibility index (Phi) is 2.60. The average molecular weight is 167 g/mol. The Morgan fingerprint density at radius 3 is 2.58 bits per heavy atom. The molecule has 0 radical (unpaired) electrons. The van der Waals surface area contributed by atoms with Gasteiger partial charge in [0.1, 0.15) is 6.54 Å². The highest BCUT2D eigenvalue weighted by Gasteiger charge is 1.96. The van der Waals surface area contributed by atoms with Crippen LogP contribution in [0.1, 0.15) is 0 Å². The monoisotopic (exact) mass is 167 g/mol. The molecule has 0 saturated heterocycles. The van der Waals surface area contributed by atoms with Crippen LogP contribution in [0.15, 0.2) is 29.3 Å². The van der Waals surface area contributed by atoms with Gasteiger partial charge in [0.15, 0.2) is 5.43 Å². The molecule has 12 heavy (non-hydrogen) atoms. The smallest absolute Gasteiger partial charge is 0.253 e. The van der Waals surface area contributed by atoms with Crippen LogP contribution in [0.25, 0.3) is 0 Å². The molecule has 0 spiro atoms. The molecule has 1 aromatic heterocycles. The van der Waals surface area contributed by atoms with Gasteiger partial charge in [-0.15, -0.1) is 0 Å². The van der Waals surface area contributed by atoms with Crippen molar-refractivity contribution in [3.05, 3.63) is 34.7 Å². The molecule has 64 valence electrons. The summed E-state index contributed by atoms with van der Waals surface area (Å²) in [4.78, 5) is 21.4. The Bertz CT molecular complexity index is 311. The molecular formula is C7H9N3O2. The first-order chi connectivity index (χ1) is 5.72. The molecule has 0 bridgehead atoms. The maximum absolute atomic E-state index is 10.7. The first-order valence-corrected chi connectivity index (χ1v) is 3.38. The van der Waals surface area contributed by atoms with Gasteiger partial charge >= 0.3 is 0 Å². The highest BCUT2D eigenvalue weighted by molar-refractivity contribution is 5.74. The molecule has 0 aromatic carbocycles. The number of nitrogens with one attached hydrogen (secondary N) is 1. The fourth-order valence-electron chi connectivity index (χ4n) is 0.761. The number of hydrazine groups is 1. The minimum atomic E-state index is -0.307. The zero-order chi connectivity index (χ0) is 8.97.